The Labute approximate surface area is 130 Å². The third-order valence-corrected chi connectivity index (χ3v) is 3.86. The Balaban J connectivity index is 2.57. The minimum absolute atomic E-state index is 0.105. The number of halogens is 1. The third-order valence-electron chi connectivity index (χ3n) is 3.86. The zero-order chi connectivity index (χ0) is 15.7. The fourth-order valence-electron chi connectivity index (χ4n) is 2.57. The molecule has 0 spiro atoms. The van der Waals surface area contributed by atoms with Gasteiger partial charge in [0.05, 0.1) is 0 Å². The van der Waals surface area contributed by atoms with Gasteiger partial charge in [0.25, 0.3) is 0 Å². The van der Waals surface area contributed by atoms with Crippen LogP contribution in [0.15, 0.2) is 24.3 Å². The van der Waals surface area contributed by atoms with E-state index in [-0.39, 0.29) is 11.4 Å². The summed E-state index contributed by atoms with van der Waals surface area (Å²) in [6.45, 7) is 9.69. The van der Waals surface area contributed by atoms with Crippen LogP contribution >= 0.6 is 0 Å². The van der Waals surface area contributed by atoms with Crippen molar-refractivity contribution in [3.8, 4) is 0 Å². The summed E-state index contributed by atoms with van der Waals surface area (Å²) in [6.07, 6.45) is 7.57. The number of benzene rings is 1. The van der Waals surface area contributed by atoms with Gasteiger partial charge in [0, 0.05) is 12.1 Å². The van der Waals surface area contributed by atoms with Gasteiger partial charge in [-0.05, 0) is 50.8 Å². The average Bonchev–Trinajstić information content (AvgIpc) is 2.40. The van der Waals surface area contributed by atoms with Crippen molar-refractivity contribution in [3.63, 3.8) is 0 Å². The fourth-order valence-corrected chi connectivity index (χ4v) is 2.57. The summed E-state index contributed by atoms with van der Waals surface area (Å²) in [6, 6.07) is 7.11. The Morgan fingerprint density at radius 3 is 2.43 bits per heavy atom. The van der Waals surface area contributed by atoms with Crippen LogP contribution < -0.4 is 5.32 Å². The highest BCUT2D eigenvalue weighted by molar-refractivity contribution is 5.21. The largest absolute Gasteiger partial charge is 0.311 e. The number of hydrogen-bond donors (Lipinski definition) is 1. The first-order valence-electron chi connectivity index (χ1n) is 8.43. The summed E-state index contributed by atoms with van der Waals surface area (Å²) in [4.78, 5) is 0. The van der Waals surface area contributed by atoms with Crippen LogP contribution in [0.5, 0.6) is 0 Å². The van der Waals surface area contributed by atoms with Crippen LogP contribution in [0.1, 0.15) is 77.7 Å². The molecular weight excluding hydrogens is 261 g/mol. The second kappa shape index (κ2) is 9.19. The van der Waals surface area contributed by atoms with Crippen molar-refractivity contribution >= 4 is 0 Å². The summed E-state index contributed by atoms with van der Waals surface area (Å²) in [5.74, 6) is 0.279. The van der Waals surface area contributed by atoms with E-state index in [1.165, 1.54) is 38.2 Å². The van der Waals surface area contributed by atoms with Gasteiger partial charge in [0.15, 0.2) is 0 Å². The summed E-state index contributed by atoms with van der Waals surface area (Å²) in [5.41, 5.74) is 1.23. The van der Waals surface area contributed by atoms with Gasteiger partial charge in [-0.1, -0.05) is 51.2 Å². The third kappa shape index (κ3) is 8.21. The molecule has 0 radical (unpaired) electrons. The van der Waals surface area contributed by atoms with E-state index in [0.29, 0.717) is 5.92 Å². The molecule has 21 heavy (non-hydrogen) atoms. The highest BCUT2D eigenvalue weighted by atomic mass is 19.1. The van der Waals surface area contributed by atoms with Crippen LogP contribution in [-0.2, 0) is 0 Å². The van der Waals surface area contributed by atoms with Crippen molar-refractivity contribution in [3.05, 3.63) is 35.6 Å². The summed E-state index contributed by atoms with van der Waals surface area (Å²) in [5, 5.41) is 3.57. The molecule has 0 bridgehead atoms. The Hall–Kier alpha value is -0.890. The van der Waals surface area contributed by atoms with E-state index in [4.69, 9.17) is 0 Å². The molecule has 1 unspecified atom stereocenters. The van der Waals surface area contributed by atoms with E-state index >= 15 is 0 Å². The molecule has 1 nitrogen and oxygen atoms in total. The van der Waals surface area contributed by atoms with Crippen molar-refractivity contribution in [2.75, 3.05) is 6.54 Å². The predicted octanol–water partition coefficient (Wildman–Crippen LogP) is 5.66. The highest BCUT2D eigenvalue weighted by Crippen LogP contribution is 2.23. The molecule has 2 heteroatoms. The molecule has 1 aromatic rings. The first kappa shape index (κ1) is 18.2. The lowest BCUT2D eigenvalue weighted by molar-refractivity contribution is 0.393. The summed E-state index contributed by atoms with van der Waals surface area (Å²) < 4.78 is 13.5. The summed E-state index contributed by atoms with van der Waals surface area (Å²) >= 11 is 0. The van der Waals surface area contributed by atoms with Gasteiger partial charge in [-0.15, -0.1) is 0 Å². The highest BCUT2D eigenvalue weighted by Gasteiger charge is 2.16. The van der Waals surface area contributed by atoms with E-state index in [2.05, 4.69) is 39.1 Å². The van der Waals surface area contributed by atoms with Crippen molar-refractivity contribution in [1.29, 1.82) is 0 Å². The number of unbranched alkanes of at least 4 members (excludes halogenated alkanes) is 4. The lowest BCUT2D eigenvalue weighted by Gasteiger charge is -2.26. The normalized spacial score (nSPS) is 13.4. The van der Waals surface area contributed by atoms with Crippen LogP contribution in [0.2, 0.25) is 0 Å². The molecule has 0 heterocycles. The van der Waals surface area contributed by atoms with Crippen LogP contribution in [0.25, 0.3) is 0 Å². The molecule has 0 aromatic heterocycles. The molecular formula is C19H32FN. The standard InChI is InChI=1S/C19H32FN/c1-5-6-7-8-9-11-17(15-21-19(2,3)4)16-12-10-13-18(20)14-16/h10,12-14,17,21H,5-9,11,15H2,1-4H3. The average molecular weight is 293 g/mol. The predicted molar refractivity (Wildman–Crippen MR) is 90.3 cm³/mol. The maximum absolute atomic E-state index is 13.5. The maximum Gasteiger partial charge on any atom is 0.123 e. The van der Waals surface area contributed by atoms with Gasteiger partial charge in [0.2, 0.25) is 0 Å². The van der Waals surface area contributed by atoms with Crippen molar-refractivity contribution < 1.29 is 4.39 Å². The molecule has 0 amide bonds. The number of rotatable bonds is 9. The molecule has 0 saturated heterocycles. The van der Waals surface area contributed by atoms with Crippen LogP contribution in [-0.4, -0.2) is 12.1 Å². The Bertz CT molecular complexity index is 395. The second-order valence-corrected chi connectivity index (χ2v) is 7.09. The Morgan fingerprint density at radius 1 is 1.10 bits per heavy atom. The minimum Gasteiger partial charge on any atom is -0.311 e. The van der Waals surface area contributed by atoms with Gasteiger partial charge in [-0.2, -0.15) is 0 Å². The molecule has 0 fully saturated rings. The molecule has 1 atom stereocenters. The lowest BCUT2D eigenvalue weighted by Crippen LogP contribution is -2.38. The van der Waals surface area contributed by atoms with Gasteiger partial charge in [-0.25, -0.2) is 4.39 Å². The zero-order valence-corrected chi connectivity index (χ0v) is 14.2. The van der Waals surface area contributed by atoms with Gasteiger partial charge < -0.3 is 5.32 Å². The van der Waals surface area contributed by atoms with Gasteiger partial charge in [-0.3, -0.25) is 0 Å². The van der Waals surface area contributed by atoms with Crippen LogP contribution in [0.3, 0.4) is 0 Å². The molecule has 120 valence electrons. The topological polar surface area (TPSA) is 12.0 Å². The second-order valence-electron chi connectivity index (χ2n) is 7.09. The molecule has 1 rings (SSSR count). The SMILES string of the molecule is CCCCCCCC(CNC(C)(C)C)c1cccc(F)c1. The van der Waals surface area contributed by atoms with Gasteiger partial charge >= 0.3 is 0 Å². The zero-order valence-electron chi connectivity index (χ0n) is 14.2. The summed E-state index contributed by atoms with van der Waals surface area (Å²) in [7, 11) is 0. The fraction of sp³-hybridized carbons (Fsp3) is 0.684. The molecule has 0 saturated carbocycles. The molecule has 0 aliphatic carbocycles. The van der Waals surface area contributed by atoms with E-state index in [1.807, 2.05) is 6.07 Å². The van der Waals surface area contributed by atoms with Crippen molar-refractivity contribution in [1.82, 2.24) is 5.32 Å². The quantitative estimate of drug-likeness (QED) is 0.579. The number of nitrogens with one attached hydrogen (secondary N) is 1. The Morgan fingerprint density at radius 2 is 1.81 bits per heavy atom. The molecule has 0 aliphatic heterocycles. The van der Waals surface area contributed by atoms with Crippen LogP contribution in [0, 0.1) is 5.82 Å². The van der Waals surface area contributed by atoms with Crippen LogP contribution in [0.4, 0.5) is 4.39 Å². The van der Waals surface area contributed by atoms with E-state index < -0.39 is 0 Å². The molecule has 0 aliphatic rings. The van der Waals surface area contributed by atoms with E-state index in [1.54, 1.807) is 6.07 Å². The van der Waals surface area contributed by atoms with Crippen molar-refractivity contribution in [2.45, 2.75) is 77.7 Å². The van der Waals surface area contributed by atoms with Gasteiger partial charge in [0.1, 0.15) is 5.82 Å². The van der Waals surface area contributed by atoms with E-state index in [9.17, 15) is 4.39 Å². The minimum atomic E-state index is -0.126. The lowest BCUT2D eigenvalue weighted by atomic mass is 9.92. The Kier molecular flexibility index (Phi) is 7.95. The van der Waals surface area contributed by atoms with E-state index in [0.717, 1.165) is 18.5 Å². The molecule has 1 aromatic carbocycles. The molecule has 1 N–H and O–H groups in total. The first-order valence-corrected chi connectivity index (χ1v) is 8.43. The monoisotopic (exact) mass is 293 g/mol. The maximum atomic E-state index is 13.5. The first-order chi connectivity index (χ1) is 9.92. The number of hydrogen-bond acceptors (Lipinski definition) is 1. The smallest absolute Gasteiger partial charge is 0.123 e. The van der Waals surface area contributed by atoms with Crippen molar-refractivity contribution in [2.24, 2.45) is 0 Å².